The second kappa shape index (κ2) is 17.1. The molecule has 0 spiro atoms. The minimum absolute atomic E-state index is 0.0158. The standard InChI is InChI=1S/C38H49N5O6/c1-25(2)20-31(36(47)40-30(34(39)45)22-27-16-10-6-11-17-27)41-35(46)29(21-26-14-8-5-9-15-26)24-33(44)32(23-28-18-12-7-13-19-28)43-37(48)49-38(3,4)42-43/h5-19,25,29-33,42,44H,20-24H2,1-4H3,(H2,39,45)(H,40,47)(H,41,46)/t29?,30-,31-,32-,33+/m0/s1. The van der Waals surface area contributed by atoms with Crippen LogP contribution in [0, 0.1) is 11.8 Å². The summed E-state index contributed by atoms with van der Waals surface area (Å²) < 4.78 is 5.49. The van der Waals surface area contributed by atoms with E-state index >= 15 is 0 Å². The normalized spacial score (nSPS) is 17.0. The van der Waals surface area contributed by atoms with Crippen molar-refractivity contribution in [1.29, 1.82) is 0 Å². The van der Waals surface area contributed by atoms with Gasteiger partial charge >= 0.3 is 6.09 Å². The van der Waals surface area contributed by atoms with Crippen molar-refractivity contribution in [2.75, 3.05) is 0 Å². The number of hydrazine groups is 1. The highest BCUT2D eigenvalue weighted by atomic mass is 16.6. The Hall–Kier alpha value is -4.74. The molecule has 262 valence electrons. The fourth-order valence-electron chi connectivity index (χ4n) is 6.07. The number of amides is 4. The average Bonchev–Trinajstić information content (AvgIpc) is 3.34. The van der Waals surface area contributed by atoms with E-state index in [2.05, 4.69) is 16.1 Å². The lowest BCUT2D eigenvalue weighted by Gasteiger charge is -2.33. The first-order chi connectivity index (χ1) is 23.3. The fourth-order valence-corrected chi connectivity index (χ4v) is 6.07. The Morgan fingerprint density at radius 3 is 1.73 bits per heavy atom. The van der Waals surface area contributed by atoms with Crippen molar-refractivity contribution in [3.05, 3.63) is 108 Å². The lowest BCUT2D eigenvalue weighted by Crippen LogP contribution is -2.56. The van der Waals surface area contributed by atoms with Gasteiger partial charge in [0.1, 0.15) is 12.1 Å². The first-order valence-corrected chi connectivity index (χ1v) is 16.8. The zero-order valence-electron chi connectivity index (χ0n) is 28.7. The maximum atomic E-state index is 14.1. The number of hydrogen-bond acceptors (Lipinski definition) is 7. The predicted octanol–water partition coefficient (Wildman–Crippen LogP) is 3.64. The Morgan fingerprint density at radius 2 is 1.27 bits per heavy atom. The number of carbonyl (C=O) groups excluding carboxylic acids is 4. The lowest BCUT2D eigenvalue weighted by molar-refractivity contribution is -0.133. The maximum absolute atomic E-state index is 14.1. The monoisotopic (exact) mass is 671 g/mol. The van der Waals surface area contributed by atoms with E-state index in [-0.39, 0.29) is 25.2 Å². The molecule has 0 saturated carbocycles. The molecule has 11 nitrogen and oxygen atoms in total. The van der Waals surface area contributed by atoms with Gasteiger partial charge in [-0.25, -0.2) is 9.80 Å². The molecule has 0 radical (unpaired) electrons. The number of nitrogens with one attached hydrogen (secondary N) is 3. The summed E-state index contributed by atoms with van der Waals surface area (Å²) in [5, 5.41) is 18.8. The predicted molar refractivity (Wildman–Crippen MR) is 186 cm³/mol. The summed E-state index contributed by atoms with van der Waals surface area (Å²) in [5.41, 5.74) is 10.3. The zero-order valence-corrected chi connectivity index (χ0v) is 28.7. The van der Waals surface area contributed by atoms with Gasteiger partial charge in [-0.15, -0.1) is 0 Å². The van der Waals surface area contributed by atoms with E-state index in [9.17, 15) is 24.3 Å². The molecular formula is C38H49N5O6. The van der Waals surface area contributed by atoms with Crippen molar-refractivity contribution in [2.45, 2.75) is 89.8 Å². The summed E-state index contributed by atoms with van der Waals surface area (Å²) in [6.45, 7) is 7.30. The van der Waals surface area contributed by atoms with E-state index < -0.39 is 59.7 Å². The first-order valence-electron chi connectivity index (χ1n) is 16.8. The Kier molecular flexibility index (Phi) is 12.9. The minimum Gasteiger partial charge on any atom is -0.426 e. The van der Waals surface area contributed by atoms with Crippen molar-refractivity contribution >= 4 is 23.8 Å². The topological polar surface area (TPSA) is 163 Å². The van der Waals surface area contributed by atoms with Crippen LogP contribution < -0.4 is 21.8 Å². The fraction of sp³-hybridized carbons (Fsp3) is 0.421. The molecule has 1 heterocycles. The number of aliphatic hydroxyl groups is 1. The highest BCUT2D eigenvalue weighted by molar-refractivity contribution is 5.92. The second-order valence-electron chi connectivity index (χ2n) is 13.7. The summed E-state index contributed by atoms with van der Waals surface area (Å²) in [5.74, 6) is -2.38. The molecule has 0 bridgehead atoms. The molecule has 11 heteroatoms. The molecule has 1 aliphatic heterocycles. The van der Waals surface area contributed by atoms with Crippen molar-refractivity contribution in [3.8, 4) is 0 Å². The minimum atomic E-state index is -1.16. The van der Waals surface area contributed by atoms with E-state index in [0.29, 0.717) is 12.8 Å². The molecule has 3 aromatic rings. The molecule has 5 atom stereocenters. The van der Waals surface area contributed by atoms with E-state index in [0.717, 1.165) is 16.7 Å². The number of nitrogens with two attached hydrogens (primary N) is 1. The highest BCUT2D eigenvalue weighted by Gasteiger charge is 2.44. The third kappa shape index (κ3) is 11.2. The molecular weight excluding hydrogens is 622 g/mol. The number of primary amides is 1. The molecule has 0 aliphatic carbocycles. The summed E-state index contributed by atoms with van der Waals surface area (Å²) in [6.07, 6.45) is -0.701. The average molecular weight is 672 g/mol. The van der Waals surface area contributed by atoms with Crippen LogP contribution in [0.5, 0.6) is 0 Å². The molecule has 4 rings (SSSR count). The summed E-state index contributed by atoms with van der Waals surface area (Å²) in [7, 11) is 0. The summed E-state index contributed by atoms with van der Waals surface area (Å²) in [6, 6.07) is 25.4. The molecule has 0 aromatic heterocycles. The van der Waals surface area contributed by atoms with Crippen LogP contribution in [0.2, 0.25) is 0 Å². The van der Waals surface area contributed by atoms with Gasteiger partial charge in [0.25, 0.3) is 0 Å². The van der Waals surface area contributed by atoms with Crippen molar-refractivity contribution < 1.29 is 29.0 Å². The third-order valence-electron chi connectivity index (χ3n) is 8.50. The number of rotatable bonds is 17. The van der Waals surface area contributed by atoms with Crippen LogP contribution in [0.15, 0.2) is 91.0 Å². The number of ether oxygens (including phenoxy) is 1. The van der Waals surface area contributed by atoms with Crippen LogP contribution in [0.25, 0.3) is 0 Å². The van der Waals surface area contributed by atoms with Crippen molar-refractivity contribution in [1.82, 2.24) is 21.1 Å². The van der Waals surface area contributed by atoms with Crippen molar-refractivity contribution in [2.24, 2.45) is 17.6 Å². The number of aliphatic hydroxyl groups excluding tert-OH is 1. The van der Waals surface area contributed by atoms with Gasteiger partial charge in [-0.1, -0.05) is 105 Å². The lowest BCUT2D eigenvalue weighted by atomic mass is 9.88. The number of hydrogen-bond donors (Lipinski definition) is 5. The van der Waals surface area contributed by atoms with Crippen LogP contribution in [0.4, 0.5) is 4.79 Å². The van der Waals surface area contributed by atoms with E-state index in [1.807, 2.05) is 105 Å². The van der Waals surface area contributed by atoms with E-state index in [1.165, 1.54) is 5.01 Å². The van der Waals surface area contributed by atoms with Gasteiger partial charge in [-0.2, -0.15) is 5.43 Å². The van der Waals surface area contributed by atoms with E-state index in [4.69, 9.17) is 10.5 Å². The van der Waals surface area contributed by atoms with Gasteiger partial charge in [-0.05, 0) is 62.1 Å². The van der Waals surface area contributed by atoms with Crippen LogP contribution in [-0.2, 0) is 38.4 Å². The SMILES string of the molecule is CC(C)C[C@H](NC(=O)C(Cc1ccccc1)C[C@@H](O)[C@H](Cc1ccccc1)N1NC(C)(C)OC1=O)C(=O)N[C@@H](Cc1ccccc1)C(N)=O. The molecule has 4 amide bonds. The Bertz CT molecular complexity index is 1540. The zero-order chi connectivity index (χ0) is 35.6. The molecule has 1 fully saturated rings. The van der Waals surface area contributed by atoms with Gasteiger partial charge in [0.05, 0.1) is 12.1 Å². The van der Waals surface area contributed by atoms with Crippen LogP contribution in [-0.4, -0.2) is 63.9 Å². The second-order valence-corrected chi connectivity index (χ2v) is 13.7. The van der Waals surface area contributed by atoms with Crippen LogP contribution in [0.1, 0.15) is 57.2 Å². The van der Waals surface area contributed by atoms with Gasteiger partial charge < -0.3 is 26.2 Å². The highest BCUT2D eigenvalue weighted by Crippen LogP contribution is 2.26. The van der Waals surface area contributed by atoms with Gasteiger partial charge in [0.15, 0.2) is 5.72 Å². The van der Waals surface area contributed by atoms with Crippen LogP contribution >= 0.6 is 0 Å². The molecule has 6 N–H and O–H groups in total. The van der Waals surface area contributed by atoms with Gasteiger partial charge in [-0.3, -0.25) is 14.4 Å². The molecule has 3 aromatic carbocycles. The molecule has 1 unspecified atom stereocenters. The van der Waals surface area contributed by atoms with Crippen molar-refractivity contribution in [3.63, 3.8) is 0 Å². The molecule has 1 aliphatic rings. The van der Waals surface area contributed by atoms with Gasteiger partial charge in [0.2, 0.25) is 17.7 Å². The number of nitrogens with zero attached hydrogens (tertiary/aromatic N) is 1. The third-order valence-corrected chi connectivity index (χ3v) is 8.50. The number of cyclic esters (lactones) is 1. The van der Waals surface area contributed by atoms with Crippen LogP contribution in [0.3, 0.4) is 0 Å². The smallest absolute Gasteiger partial charge is 0.426 e. The largest absolute Gasteiger partial charge is 0.426 e. The summed E-state index contributed by atoms with van der Waals surface area (Å²) in [4.78, 5) is 53.1. The maximum Gasteiger partial charge on any atom is 0.426 e. The van der Waals surface area contributed by atoms with E-state index in [1.54, 1.807) is 13.8 Å². The Labute approximate surface area is 288 Å². The Balaban J connectivity index is 1.57. The molecule has 49 heavy (non-hydrogen) atoms. The number of benzene rings is 3. The first kappa shape index (κ1) is 37.1. The Morgan fingerprint density at radius 1 is 0.776 bits per heavy atom. The quantitative estimate of drug-likeness (QED) is 0.146. The molecule has 1 saturated heterocycles. The number of carbonyl (C=O) groups is 4. The van der Waals surface area contributed by atoms with Gasteiger partial charge in [0, 0.05) is 12.3 Å². The summed E-state index contributed by atoms with van der Waals surface area (Å²) >= 11 is 0.